The molecule has 14 N–H and O–H groups in total. The van der Waals surface area contributed by atoms with Gasteiger partial charge in [-0.05, 0) is 65.7 Å². The summed E-state index contributed by atoms with van der Waals surface area (Å²) in [5, 5.41) is 139. The first-order chi connectivity index (χ1) is 38.2. The van der Waals surface area contributed by atoms with Crippen molar-refractivity contribution < 1.29 is 133 Å². The van der Waals surface area contributed by atoms with Crippen LogP contribution in [0.5, 0.6) is 57.5 Å². The van der Waals surface area contributed by atoms with E-state index in [-0.39, 0.29) is 62.7 Å². The van der Waals surface area contributed by atoms with Gasteiger partial charge in [0.2, 0.25) is 18.3 Å². The van der Waals surface area contributed by atoms with Crippen LogP contribution >= 0.6 is 0 Å². The van der Waals surface area contributed by atoms with E-state index < -0.39 is 141 Å². The Kier molecular flexibility index (Phi) is 18.4. The van der Waals surface area contributed by atoms with Crippen molar-refractivity contribution in [2.75, 3.05) is 41.2 Å². The van der Waals surface area contributed by atoms with Gasteiger partial charge in [0, 0.05) is 24.3 Å². The molecular weight excluding hydrogens is 1070 g/mol. The molecule has 3 saturated heterocycles. The van der Waals surface area contributed by atoms with Crippen LogP contribution < -0.4 is 18.9 Å². The fourth-order valence-electron chi connectivity index (χ4n) is 8.81. The minimum Gasteiger partial charge on any atom is -0.571 e. The number of hydrogen-bond acceptors (Lipinski definition) is 26. The maximum atomic E-state index is 13.4. The Balaban J connectivity index is 1.14. The van der Waals surface area contributed by atoms with Gasteiger partial charge in [-0.3, -0.25) is 0 Å². The van der Waals surface area contributed by atoms with Crippen LogP contribution in [0.25, 0.3) is 18.2 Å². The summed E-state index contributed by atoms with van der Waals surface area (Å²) in [7, 11) is 3.91. The molecular formula is C53H59O27+. The first-order valence-electron chi connectivity index (χ1n) is 24.4. The number of benzene rings is 4. The largest absolute Gasteiger partial charge is 0.571 e. The first kappa shape index (κ1) is 58.5. The number of aromatic hydroxyl groups is 6. The number of rotatable bonds is 18. The van der Waals surface area contributed by atoms with E-state index >= 15 is 0 Å². The zero-order valence-electron chi connectivity index (χ0n) is 42.5. The predicted molar refractivity (Wildman–Crippen MR) is 268 cm³/mol. The van der Waals surface area contributed by atoms with Crippen LogP contribution in [0.15, 0.2) is 78.6 Å². The van der Waals surface area contributed by atoms with E-state index in [1.807, 2.05) is 0 Å². The fraction of sp³-hybridized carbons (Fsp3) is 0.396. The zero-order chi connectivity index (χ0) is 57.7. The third-order valence-electron chi connectivity index (χ3n) is 13.1. The molecule has 0 aromatic heterocycles. The molecule has 1 unspecified atom stereocenters. The molecule has 4 aromatic carbocycles. The molecule has 27 nitrogen and oxygen atoms in total. The number of hydrogen-bond donors (Lipinski definition) is 13. The van der Waals surface area contributed by atoms with E-state index in [1.54, 1.807) is 0 Å². The van der Waals surface area contributed by atoms with Crippen molar-refractivity contribution in [3.63, 3.8) is 0 Å². The third kappa shape index (κ3) is 12.8. The van der Waals surface area contributed by atoms with Gasteiger partial charge in [0.1, 0.15) is 78.6 Å². The number of carbonyl (C=O) groups excluding carboxylic acids is 2. The van der Waals surface area contributed by atoms with Crippen molar-refractivity contribution in [1.82, 2.24) is 0 Å². The number of phenolic OH excluding ortho intramolecular Hbond substituents is 5. The Morgan fingerprint density at radius 3 is 1.96 bits per heavy atom. The average molecular weight is 1130 g/mol. The number of fused-ring (bicyclic) bond motifs is 1. The lowest BCUT2D eigenvalue weighted by atomic mass is 9.97. The summed E-state index contributed by atoms with van der Waals surface area (Å²) in [5.41, 5.74) is 0.760. The summed E-state index contributed by atoms with van der Waals surface area (Å²) in [6, 6.07) is 12.8. The second-order valence-electron chi connectivity index (χ2n) is 18.4. The van der Waals surface area contributed by atoms with Crippen molar-refractivity contribution in [2.24, 2.45) is 0 Å². The standard InChI is InChI=1S/C53H58O27/c1-69-33-12-22(4-8-28(33)57)5-10-39(60)72-21-38-44(65)46(67)50(80-52-49(41(62)30(59)20-73-52)79-40(61)11-6-23-13-34(70-2)42(63)35(14-23)71-3)53(78-38)76-36-18-26-31(74-48(36)24-7-9-27(56)29(58)15-24)16-25(55)17-32(26)75-51-47(68)45(66)43(64)37(19-54)77-51/h4-18,30,37-38,41,43-59,62-68H,19-21H2,1-3H3/p+1/b10-5+,11-6+/t30-,37-,38-,41+,43-,44-,45+,46+,47-,48?,49+,50-,51-,52+,53-/m1/s1. The lowest BCUT2D eigenvalue weighted by Crippen LogP contribution is -2.63. The van der Waals surface area contributed by atoms with Gasteiger partial charge in [-0.15, -0.1) is 0 Å². The fourth-order valence-corrected chi connectivity index (χ4v) is 8.81. The van der Waals surface area contributed by atoms with Crippen molar-refractivity contribution in [2.45, 2.75) is 92.1 Å². The van der Waals surface area contributed by atoms with E-state index in [0.717, 1.165) is 30.4 Å². The van der Waals surface area contributed by atoms with Gasteiger partial charge in [-0.1, -0.05) is 6.07 Å². The lowest BCUT2D eigenvalue weighted by Gasteiger charge is -2.45. The highest BCUT2D eigenvalue weighted by Gasteiger charge is 2.53. The number of aliphatic hydroxyl groups excluding tert-OH is 8. The van der Waals surface area contributed by atoms with Crippen molar-refractivity contribution >= 4 is 30.2 Å². The maximum Gasteiger partial charge on any atom is 0.331 e. The van der Waals surface area contributed by atoms with Crippen LogP contribution in [0.1, 0.15) is 28.4 Å². The number of esters is 2. The van der Waals surface area contributed by atoms with Gasteiger partial charge in [-0.2, -0.15) is 0 Å². The van der Waals surface area contributed by atoms with Crippen molar-refractivity contribution in [3.8, 4) is 57.5 Å². The molecule has 15 atom stereocenters. The molecule has 4 heterocycles. The summed E-state index contributed by atoms with van der Waals surface area (Å²) in [6.07, 6.45) is -21.5. The number of carbonyl (C=O) groups is 2. The lowest BCUT2D eigenvalue weighted by molar-refractivity contribution is -0.353. The van der Waals surface area contributed by atoms with E-state index in [4.69, 9.17) is 56.8 Å². The van der Waals surface area contributed by atoms with Gasteiger partial charge in [0.15, 0.2) is 58.8 Å². The quantitative estimate of drug-likeness (QED) is 0.0260. The smallest absolute Gasteiger partial charge is 0.331 e. The van der Waals surface area contributed by atoms with E-state index in [9.17, 15) is 76.0 Å². The number of ether oxygens (including phenoxy) is 12. The summed E-state index contributed by atoms with van der Waals surface area (Å²) >= 11 is 0. The molecule has 4 aliphatic rings. The maximum absolute atomic E-state index is 13.4. The zero-order valence-corrected chi connectivity index (χ0v) is 42.5. The third-order valence-corrected chi connectivity index (χ3v) is 13.1. The highest BCUT2D eigenvalue weighted by atomic mass is 16.8. The minimum absolute atomic E-state index is 0.00272. The Morgan fingerprint density at radius 2 is 1.27 bits per heavy atom. The van der Waals surface area contributed by atoms with Gasteiger partial charge in [-0.25, -0.2) is 9.59 Å². The van der Waals surface area contributed by atoms with Crippen LogP contribution in [-0.2, 0) is 42.7 Å². The molecule has 0 saturated carbocycles. The van der Waals surface area contributed by atoms with Crippen LogP contribution in [0, 0.1) is 0 Å². The molecule has 432 valence electrons. The Bertz CT molecular complexity index is 2920. The highest BCUT2D eigenvalue weighted by Crippen LogP contribution is 2.48. The molecule has 0 spiro atoms. The van der Waals surface area contributed by atoms with Crippen LogP contribution in [0.2, 0.25) is 0 Å². The highest BCUT2D eigenvalue weighted by molar-refractivity contribution is 5.88. The molecule has 0 bridgehead atoms. The SMILES string of the molecule is COc1cc(/C=C/C(=O)OC[C@H]2O[C@@H](OC3=Cc4c(O[C@@H]5O[C@H](CO)[C@@H](O)[C@H](O)[C@H]5O)cc(O)cc4[OH+]C3c3ccc(O)c(O)c3)[C@H](O[C@@H]3OC[C@@H](O)[C@H](O)[C@@H]3OC(=O)/C=C/c3cc(OC)c(O)c(OC)c3)[C@@H](O)[C@@H]2O)ccc1O. The Hall–Kier alpha value is -7.64. The normalized spacial score (nSPS) is 29.4. The first-order valence-corrected chi connectivity index (χ1v) is 24.4. The minimum atomic E-state index is -2.12. The van der Waals surface area contributed by atoms with E-state index in [1.165, 1.54) is 82.0 Å². The molecule has 8 rings (SSSR count). The molecule has 0 radical (unpaired) electrons. The van der Waals surface area contributed by atoms with Gasteiger partial charge < -0.3 is 123 Å². The number of phenols is 5. The van der Waals surface area contributed by atoms with Gasteiger partial charge >= 0.3 is 11.9 Å². The predicted octanol–water partition coefficient (Wildman–Crippen LogP) is -0.435. The monoisotopic (exact) mass is 1130 g/mol. The molecule has 0 aliphatic carbocycles. The molecule has 80 heavy (non-hydrogen) atoms. The van der Waals surface area contributed by atoms with Crippen molar-refractivity contribution in [3.05, 3.63) is 101 Å². The summed E-state index contributed by atoms with van der Waals surface area (Å²) in [4.78, 5) is 26.5. The molecule has 0 amide bonds. The summed E-state index contributed by atoms with van der Waals surface area (Å²) in [6.45, 7) is -2.23. The summed E-state index contributed by atoms with van der Waals surface area (Å²) in [5.74, 6) is -4.73. The Morgan fingerprint density at radius 1 is 0.625 bits per heavy atom. The number of aliphatic hydroxyl groups is 9. The van der Waals surface area contributed by atoms with Gasteiger partial charge in [0.25, 0.3) is 11.9 Å². The summed E-state index contributed by atoms with van der Waals surface area (Å²) < 4.78 is 67.3. The molecule has 27 heteroatoms. The van der Waals surface area contributed by atoms with Crippen LogP contribution in [-0.4, -0.2) is 210 Å². The van der Waals surface area contributed by atoms with E-state index in [0.29, 0.717) is 5.56 Å². The topological polar surface area (TPSA) is 411 Å². The second-order valence-corrected chi connectivity index (χ2v) is 18.4. The Labute approximate surface area is 453 Å². The molecule has 4 aliphatic heterocycles. The van der Waals surface area contributed by atoms with Crippen molar-refractivity contribution in [1.29, 1.82) is 0 Å². The second kappa shape index (κ2) is 25.2. The number of methoxy groups -OCH3 is 3. The van der Waals surface area contributed by atoms with Gasteiger partial charge in [0.05, 0.1) is 46.2 Å². The molecule has 3 fully saturated rings. The van der Waals surface area contributed by atoms with Crippen LogP contribution in [0.3, 0.4) is 0 Å². The average Bonchev–Trinajstić information content (AvgIpc) is 3.47. The molecule has 4 aromatic rings. The van der Waals surface area contributed by atoms with Crippen LogP contribution in [0.4, 0.5) is 0 Å². The van der Waals surface area contributed by atoms with E-state index in [2.05, 4.69) is 0 Å².